The summed E-state index contributed by atoms with van der Waals surface area (Å²) < 4.78 is 13.4. The first-order valence-corrected chi connectivity index (χ1v) is 11.5. The Morgan fingerprint density at radius 3 is 2.77 bits per heavy atom. The molecule has 0 spiro atoms. The number of halogens is 1. The molecule has 1 atom stereocenters. The van der Waals surface area contributed by atoms with E-state index in [0.717, 1.165) is 43.6 Å². The number of hydrogen-bond donors (Lipinski definition) is 2. The Bertz CT molecular complexity index is 951. The molecule has 9 heteroatoms. The first kappa shape index (κ1) is 21.5. The fourth-order valence-electron chi connectivity index (χ4n) is 3.56. The number of carbonyl (C=O) groups excluding carboxylic acids is 2. The van der Waals surface area contributed by atoms with Gasteiger partial charge in [-0.3, -0.25) is 9.59 Å². The third-order valence-corrected chi connectivity index (χ3v) is 6.41. The van der Waals surface area contributed by atoms with Crippen LogP contribution < -0.4 is 15.5 Å². The van der Waals surface area contributed by atoms with Gasteiger partial charge in [0.15, 0.2) is 5.82 Å². The van der Waals surface area contributed by atoms with Crippen LogP contribution in [0.1, 0.15) is 31.2 Å². The second-order valence-corrected chi connectivity index (χ2v) is 9.09. The van der Waals surface area contributed by atoms with E-state index in [9.17, 15) is 14.0 Å². The minimum Gasteiger partial charge on any atom is -0.354 e. The molecule has 2 N–H and O–H groups in total. The van der Waals surface area contributed by atoms with Crippen LogP contribution in [0.4, 0.5) is 15.9 Å². The van der Waals surface area contributed by atoms with Gasteiger partial charge in [-0.05, 0) is 62.4 Å². The van der Waals surface area contributed by atoms with E-state index in [4.69, 9.17) is 0 Å². The molecule has 31 heavy (non-hydrogen) atoms. The standard InChI is InChI=1S/C22H26FN5O2S/c1-14-4-5-16(23)11-18(14)25-20(29)13-31-21-9-8-19(26-27-21)28-10-2-3-15(12-28)22(30)24-17-6-7-17/h4-5,8-9,11,15,17H,2-3,6-7,10,12-13H2,1H3,(H,24,30)(H,25,29)/t15-/m1/s1. The first-order valence-electron chi connectivity index (χ1n) is 10.6. The van der Waals surface area contributed by atoms with Gasteiger partial charge in [0.05, 0.1) is 11.7 Å². The predicted octanol–water partition coefficient (Wildman–Crippen LogP) is 3.15. The molecule has 2 heterocycles. The molecule has 1 saturated carbocycles. The Morgan fingerprint density at radius 2 is 2.03 bits per heavy atom. The number of aromatic nitrogens is 2. The quantitative estimate of drug-likeness (QED) is 0.640. The zero-order valence-corrected chi connectivity index (χ0v) is 18.3. The lowest BCUT2D eigenvalue weighted by Crippen LogP contribution is -2.44. The SMILES string of the molecule is Cc1ccc(F)cc1NC(=O)CSc1ccc(N2CCC[C@@H](C(=O)NC3CC3)C2)nn1. The van der Waals surface area contributed by atoms with Crippen molar-refractivity contribution in [3.8, 4) is 0 Å². The first-order chi connectivity index (χ1) is 15.0. The third-order valence-electron chi connectivity index (χ3n) is 5.49. The summed E-state index contributed by atoms with van der Waals surface area (Å²) in [5.41, 5.74) is 1.27. The summed E-state index contributed by atoms with van der Waals surface area (Å²) in [6.45, 7) is 3.31. The van der Waals surface area contributed by atoms with Gasteiger partial charge in [0.25, 0.3) is 0 Å². The summed E-state index contributed by atoms with van der Waals surface area (Å²) >= 11 is 1.27. The van der Waals surface area contributed by atoms with Gasteiger partial charge in [-0.1, -0.05) is 17.8 Å². The number of nitrogens with one attached hydrogen (secondary N) is 2. The van der Waals surface area contributed by atoms with Gasteiger partial charge >= 0.3 is 0 Å². The zero-order valence-electron chi connectivity index (χ0n) is 17.4. The molecule has 164 valence electrons. The monoisotopic (exact) mass is 443 g/mol. The van der Waals surface area contributed by atoms with E-state index in [1.54, 1.807) is 6.07 Å². The molecule has 0 radical (unpaired) electrons. The Morgan fingerprint density at radius 1 is 1.19 bits per heavy atom. The predicted molar refractivity (Wildman–Crippen MR) is 119 cm³/mol. The maximum absolute atomic E-state index is 13.4. The van der Waals surface area contributed by atoms with Crippen LogP contribution in [0, 0.1) is 18.7 Å². The van der Waals surface area contributed by atoms with Gasteiger partial charge in [0.2, 0.25) is 11.8 Å². The maximum atomic E-state index is 13.4. The number of amides is 2. The lowest BCUT2D eigenvalue weighted by Gasteiger charge is -2.32. The molecule has 2 aromatic rings. The van der Waals surface area contributed by atoms with Gasteiger partial charge in [0, 0.05) is 24.8 Å². The number of nitrogens with zero attached hydrogens (tertiary/aromatic N) is 3. The van der Waals surface area contributed by atoms with Crippen molar-refractivity contribution in [2.75, 3.05) is 29.1 Å². The summed E-state index contributed by atoms with van der Waals surface area (Å²) in [7, 11) is 0. The average molecular weight is 444 g/mol. The van der Waals surface area contributed by atoms with E-state index in [1.165, 1.54) is 23.9 Å². The normalized spacial score (nSPS) is 18.5. The molecule has 1 saturated heterocycles. The highest BCUT2D eigenvalue weighted by Crippen LogP contribution is 2.25. The highest BCUT2D eigenvalue weighted by molar-refractivity contribution is 7.99. The molecule has 0 bridgehead atoms. The van der Waals surface area contributed by atoms with Crippen LogP contribution in [0.25, 0.3) is 0 Å². The van der Waals surface area contributed by atoms with E-state index in [2.05, 4.69) is 25.7 Å². The van der Waals surface area contributed by atoms with Crippen molar-refractivity contribution in [3.63, 3.8) is 0 Å². The molecule has 7 nitrogen and oxygen atoms in total. The molecule has 0 unspecified atom stereocenters. The number of thioether (sulfide) groups is 1. The summed E-state index contributed by atoms with van der Waals surface area (Å²) in [4.78, 5) is 26.7. The van der Waals surface area contributed by atoms with Crippen LogP contribution in [0.5, 0.6) is 0 Å². The van der Waals surface area contributed by atoms with Crippen molar-refractivity contribution in [2.45, 2.75) is 43.7 Å². The van der Waals surface area contributed by atoms with Crippen molar-refractivity contribution >= 4 is 35.1 Å². The number of piperidine rings is 1. The number of aryl methyl sites for hydroxylation is 1. The van der Waals surface area contributed by atoms with E-state index in [-0.39, 0.29) is 29.3 Å². The Kier molecular flexibility index (Phi) is 6.70. The van der Waals surface area contributed by atoms with Crippen molar-refractivity contribution in [3.05, 3.63) is 41.7 Å². The number of anilines is 2. The van der Waals surface area contributed by atoms with Crippen LogP contribution in [-0.4, -0.2) is 46.9 Å². The molecule has 1 aromatic carbocycles. The van der Waals surface area contributed by atoms with Gasteiger partial charge in [-0.15, -0.1) is 10.2 Å². The number of carbonyl (C=O) groups is 2. The van der Waals surface area contributed by atoms with Crippen LogP contribution >= 0.6 is 11.8 Å². The Balaban J connectivity index is 1.28. The lowest BCUT2D eigenvalue weighted by atomic mass is 9.97. The highest BCUT2D eigenvalue weighted by Gasteiger charge is 2.30. The summed E-state index contributed by atoms with van der Waals surface area (Å²) in [5.74, 6) is 0.405. The largest absolute Gasteiger partial charge is 0.354 e. The van der Waals surface area contributed by atoms with Crippen molar-refractivity contribution in [1.82, 2.24) is 15.5 Å². The van der Waals surface area contributed by atoms with E-state index < -0.39 is 0 Å². The summed E-state index contributed by atoms with van der Waals surface area (Å²) in [6.07, 6.45) is 4.02. The number of benzene rings is 1. The number of hydrogen-bond acceptors (Lipinski definition) is 6. The highest BCUT2D eigenvalue weighted by atomic mass is 32.2. The van der Waals surface area contributed by atoms with E-state index in [1.807, 2.05) is 19.1 Å². The van der Waals surface area contributed by atoms with Crippen molar-refractivity contribution in [2.24, 2.45) is 5.92 Å². The van der Waals surface area contributed by atoms with Gasteiger partial charge in [-0.2, -0.15) is 0 Å². The second-order valence-electron chi connectivity index (χ2n) is 8.09. The summed E-state index contributed by atoms with van der Waals surface area (Å²) in [5, 5.41) is 15.0. The maximum Gasteiger partial charge on any atom is 0.234 e. The molecule has 1 aromatic heterocycles. The molecule has 1 aliphatic heterocycles. The Hall–Kier alpha value is -2.68. The van der Waals surface area contributed by atoms with E-state index in [0.29, 0.717) is 23.3 Å². The molecular formula is C22H26FN5O2S. The van der Waals surface area contributed by atoms with Gasteiger partial charge < -0.3 is 15.5 Å². The fourth-order valence-corrected chi connectivity index (χ4v) is 4.17. The van der Waals surface area contributed by atoms with Crippen LogP contribution in [0.15, 0.2) is 35.4 Å². The summed E-state index contributed by atoms with van der Waals surface area (Å²) in [6, 6.07) is 8.39. The van der Waals surface area contributed by atoms with Crippen molar-refractivity contribution in [1.29, 1.82) is 0 Å². The number of rotatable bonds is 7. The second kappa shape index (κ2) is 9.64. The molecule has 1 aliphatic carbocycles. The lowest BCUT2D eigenvalue weighted by molar-refractivity contribution is -0.125. The fraction of sp³-hybridized carbons (Fsp3) is 0.455. The topological polar surface area (TPSA) is 87.2 Å². The average Bonchev–Trinajstić information content (AvgIpc) is 3.59. The minimum absolute atomic E-state index is 0.0137. The van der Waals surface area contributed by atoms with Gasteiger partial charge in [-0.25, -0.2) is 4.39 Å². The zero-order chi connectivity index (χ0) is 21.8. The smallest absolute Gasteiger partial charge is 0.234 e. The molecule has 4 rings (SSSR count). The molecular weight excluding hydrogens is 417 g/mol. The third kappa shape index (κ3) is 5.94. The molecule has 2 amide bonds. The van der Waals surface area contributed by atoms with Crippen LogP contribution in [0.3, 0.4) is 0 Å². The van der Waals surface area contributed by atoms with Crippen LogP contribution in [0.2, 0.25) is 0 Å². The minimum atomic E-state index is -0.389. The van der Waals surface area contributed by atoms with Crippen molar-refractivity contribution < 1.29 is 14.0 Å². The van der Waals surface area contributed by atoms with E-state index >= 15 is 0 Å². The molecule has 2 fully saturated rings. The Labute approximate surface area is 185 Å². The molecule has 2 aliphatic rings. The van der Waals surface area contributed by atoms with Gasteiger partial charge in [0.1, 0.15) is 10.8 Å². The van der Waals surface area contributed by atoms with Crippen LogP contribution in [-0.2, 0) is 9.59 Å².